The third-order valence-electron chi connectivity index (χ3n) is 2.78. The maximum Gasteiger partial charge on any atom is 0.147 e. The molecule has 0 spiro atoms. The fraction of sp³-hybridized carbons (Fsp3) is 1.00. The molecular formula is C9H18O3S2. The Hall–Kier alpha value is 0.260. The highest BCUT2D eigenvalue weighted by molar-refractivity contribution is 8.00. The van der Waals surface area contributed by atoms with Crippen LogP contribution in [0.2, 0.25) is 0 Å². The highest BCUT2D eigenvalue weighted by Gasteiger charge is 2.36. The molecule has 1 aliphatic heterocycles. The lowest BCUT2D eigenvalue weighted by Gasteiger charge is -2.37. The molecule has 0 aromatic rings. The summed E-state index contributed by atoms with van der Waals surface area (Å²) in [7, 11) is -2.95. The van der Waals surface area contributed by atoms with Crippen molar-refractivity contribution in [2.45, 2.75) is 37.0 Å². The fourth-order valence-electron chi connectivity index (χ4n) is 1.69. The van der Waals surface area contributed by atoms with Gasteiger partial charge in [-0.05, 0) is 25.0 Å². The van der Waals surface area contributed by atoms with Gasteiger partial charge < -0.3 is 5.11 Å². The zero-order chi connectivity index (χ0) is 10.8. The van der Waals surface area contributed by atoms with Gasteiger partial charge in [0, 0.05) is 11.5 Å². The lowest BCUT2D eigenvalue weighted by atomic mass is 9.91. The van der Waals surface area contributed by atoms with Gasteiger partial charge in [0.25, 0.3) is 0 Å². The molecule has 84 valence electrons. The number of rotatable bonds is 3. The summed E-state index contributed by atoms with van der Waals surface area (Å²) in [6, 6.07) is 0. The van der Waals surface area contributed by atoms with Crippen molar-refractivity contribution in [3.05, 3.63) is 0 Å². The van der Waals surface area contributed by atoms with Crippen LogP contribution in [0.4, 0.5) is 0 Å². The van der Waals surface area contributed by atoms with E-state index in [9.17, 15) is 13.5 Å². The summed E-state index contributed by atoms with van der Waals surface area (Å²) in [6.45, 7) is 1.98. The van der Waals surface area contributed by atoms with E-state index in [-0.39, 0.29) is 11.0 Å². The van der Waals surface area contributed by atoms with E-state index in [1.54, 1.807) is 11.8 Å². The molecule has 0 aromatic carbocycles. The predicted octanol–water partition coefficient (Wildman–Crippen LogP) is 1.07. The second-order valence-electron chi connectivity index (χ2n) is 4.10. The minimum absolute atomic E-state index is 0.0917. The topological polar surface area (TPSA) is 54.4 Å². The van der Waals surface area contributed by atoms with Crippen LogP contribution >= 0.6 is 11.8 Å². The average Bonchev–Trinajstić information content (AvgIpc) is 2.06. The van der Waals surface area contributed by atoms with E-state index in [0.29, 0.717) is 6.42 Å². The van der Waals surface area contributed by atoms with Gasteiger partial charge in [-0.15, -0.1) is 0 Å². The first-order valence-corrected chi connectivity index (χ1v) is 7.96. The van der Waals surface area contributed by atoms with E-state index >= 15 is 0 Å². The Kier molecular flexibility index (Phi) is 3.88. The van der Waals surface area contributed by atoms with Crippen LogP contribution in [0, 0.1) is 0 Å². The van der Waals surface area contributed by atoms with Crippen molar-refractivity contribution >= 4 is 21.6 Å². The van der Waals surface area contributed by atoms with Crippen molar-refractivity contribution in [1.29, 1.82) is 0 Å². The van der Waals surface area contributed by atoms with E-state index in [4.69, 9.17) is 0 Å². The Labute approximate surface area is 90.2 Å². The minimum atomic E-state index is -2.95. The van der Waals surface area contributed by atoms with Gasteiger partial charge in [-0.1, -0.05) is 6.92 Å². The second-order valence-corrected chi connectivity index (χ2v) is 7.81. The van der Waals surface area contributed by atoms with Gasteiger partial charge in [0.2, 0.25) is 0 Å². The van der Waals surface area contributed by atoms with Gasteiger partial charge in [-0.25, -0.2) is 8.42 Å². The van der Waals surface area contributed by atoms with E-state index in [1.807, 2.05) is 6.92 Å². The minimum Gasteiger partial charge on any atom is -0.389 e. The summed E-state index contributed by atoms with van der Waals surface area (Å²) >= 11 is 1.73. The van der Waals surface area contributed by atoms with Crippen LogP contribution in [0.15, 0.2) is 0 Å². The molecule has 0 amide bonds. The van der Waals surface area contributed by atoms with Crippen molar-refractivity contribution in [1.82, 2.24) is 0 Å². The highest BCUT2D eigenvalue weighted by atomic mass is 32.2. The van der Waals surface area contributed by atoms with Gasteiger partial charge in [-0.2, -0.15) is 11.8 Å². The van der Waals surface area contributed by atoms with Crippen LogP contribution in [0.5, 0.6) is 0 Å². The van der Waals surface area contributed by atoms with Crippen molar-refractivity contribution in [3.63, 3.8) is 0 Å². The summed E-state index contributed by atoms with van der Waals surface area (Å²) < 4.78 is 22.0. The molecule has 5 heteroatoms. The molecule has 2 unspecified atom stereocenters. The maximum atomic E-state index is 11.0. The van der Waals surface area contributed by atoms with Gasteiger partial charge in [-0.3, -0.25) is 0 Å². The molecule has 1 saturated heterocycles. The van der Waals surface area contributed by atoms with Crippen LogP contribution in [0.25, 0.3) is 0 Å². The maximum absolute atomic E-state index is 11.0. The molecule has 1 fully saturated rings. The average molecular weight is 238 g/mol. The number of sulfone groups is 1. The van der Waals surface area contributed by atoms with Gasteiger partial charge in [0.05, 0.1) is 11.4 Å². The largest absolute Gasteiger partial charge is 0.389 e. The van der Waals surface area contributed by atoms with E-state index in [2.05, 4.69) is 0 Å². The lowest BCUT2D eigenvalue weighted by molar-refractivity contribution is 0.0264. The number of hydrogen-bond acceptors (Lipinski definition) is 4. The molecule has 1 rings (SSSR count). The summed E-state index contributed by atoms with van der Waals surface area (Å²) in [5.41, 5.74) is -0.772. The van der Waals surface area contributed by atoms with Gasteiger partial charge in [0.15, 0.2) is 0 Å². The zero-order valence-corrected chi connectivity index (χ0v) is 10.3. The molecule has 0 radical (unpaired) electrons. The molecule has 2 atom stereocenters. The molecule has 0 bridgehead atoms. The Morgan fingerprint density at radius 1 is 1.57 bits per heavy atom. The summed E-state index contributed by atoms with van der Waals surface area (Å²) in [4.78, 5) is 0. The van der Waals surface area contributed by atoms with Crippen LogP contribution in [0.1, 0.15) is 26.2 Å². The van der Waals surface area contributed by atoms with E-state index in [1.165, 1.54) is 6.26 Å². The van der Waals surface area contributed by atoms with Crippen LogP contribution in [0.3, 0.4) is 0 Å². The fourth-order valence-corrected chi connectivity index (χ4v) is 3.62. The lowest BCUT2D eigenvalue weighted by Crippen LogP contribution is -2.43. The zero-order valence-electron chi connectivity index (χ0n) is 8.69. The Morgan fingerprint density at radius 3 is 2.71 bits per heavy atom. The molecule has 0 saturated carbocycles. The molecule has 0 aliphatic carbocycles. The number of aliphatic hydroxyl groups is 1. The molecule has 1 N–H and O–H groups in total. The molecule has 3 nitrogen and oxygen atoms in total. The van der Waals surface area contributed by atoms with Gasteiger partial charge in [0.1, 0.15) is 9.84 Å². The summed E-state index contributed by atoms with van der Waals surface area (Å²) in [5.74, 6) is 1.16. The molecule has 14 heavy (non-hydrogen) atoms. The standard InChI is InChI=1S/C9H18O3S2/c1-8-9(10,4-3-6-13-8)5-7-14(2,11)12/h8,10H,3-7H2,1-2H3. The Bertz CT molecular complexity index is 286. The second kappa shape index (κ2) is 4.41. The predicted molar refractivity (Wildman–Crippen MR) is 60.4 cm³/mol. The number of thioether (sulfide) groups is 1. The quantitative estimate of drug-likeness (QED) is 0.799. The highest BCUT2D eigenvalue weighted by Crippen LogP contribution is 2.36. The smallest absolute Gasteiger partial charge is 0.147 e. The third kappa shape index (κ3) is 3.44. The summed E-state index contributed by atoms with van der Waals surface area (Å²) in [6.07, 6.45) is 3.31. The molecular weight excluding hydrogens is 220 g/mol. The number of hydrogen-bond donors (Lipinski definition) is 1. The van der Waals surface area contributed by atoms with E-state index in [0.717, 1.165) is 18.6 Å². The van der Waals surface area contributed by atoms with Crippen molar-refractivity contribution in [3.8, 4) is 0 Å². The Morgan fingerprint density at radius 2 is 2.21 bits per heavy atom. The Balaban J connectivity index is 2.56. The molecule has 1 aliphatic rings. The SMILES string of the molecule is CC1SCCCC1(O)CCS(C)(=O)=O. The monoisotopic (exact) mass is 238 g/mol. The van der Waals surface area contributed by atoms with Gasteiger partial charge >= 0.3 is 0 Å². The molecule has 1 heterocycles. The normalized spacial score (nSPS) is 34.4. The van der Waals surface area contributed by atoms with Crippen molar-refractivity contribution in [2.24, 2.45) is 0 Å². The van der Waals surface area contributed by atoms with Crippen molar-refractivity contribution in [2.75, 3.05) is 17.8 Å². The first-order chi connectivity index (χ1) is 6.33. The summed E-state index contributed by atoms with van der Waals surface area (Å²) in [5, 5.41) is 10.4. The van der Waals surface area contributed by atoms with E-state index < -0.39 is 15.4 Å². The van der Waals surface area contributed by atoms with Crippen LogP contribution in [-0.4, -0.2) is 42.1 Å². The molecule has 0 aromatic heterocycles. The van der Waals surface area contributed by atoms with Crippen LogP contribution in [-0.2, 0) is 9.84 Å². The third-order valence-corrected chi connectivity index (χ3v) is 5.19. The first kappa shape index (κ1) is 12.3. The first-order valence-electron chi connectivity index (χ1n) is 4.85. The van der Waals surface area contributed by atoms with Crippen molar-refractivity contribution < 1.29 is 13.5 Å². The van der Waals surface area contributed by atoms with Crippen LogP contribution < -0.4 is 0 Å².